The van der Waals surface area contributed by atoms with Crippen LogP contribution in [0.25, 0.3) is 0 Å². The molecule has 0 radical (unpaired) electrons. The molecule has 0 fully saturated rings. The lowest BCUT2D eigenvalue weighted by Crippen LogP contribution is -2.48. The summed E-state index contributed by atoms with van der Waals surface area (Å²) >= 11 is 1.73. The lowest BCUT2D eigenvalue weighted by Gasteiger charge is -2.37. The summed E-state index contributed by atoms with van der Waals surface area (Å²) in [5, 5.41) is 2.08. The highest BCUT2D eigenvalue weighted by molar-refractivity contribution is 7.10. The van der Waals surface area contributed by atoms with E-state index in [1.54, 1.807) is 28.4 Å². The van der Waals surface area contributed by atoms with E-state index in [4.69, 9.17) is 9.15 Å². The number of carbonyl (C=O) groups excluding carboxylic acids is 2. The van der Waals surface area contributed by atoms with Crippen molar-refractivity contribution in [2.45, 2.75) is 46.6 Å². The lowest BCUT2D eigenvalue weighted by atomic mass is 10.00. The fraction of sp³-hybridized carbons (Fsp3) is 0.429. The van der Waals surface area contributed by atoms with Crippen LogP contribution >= 0.6 is 11.3 Å². The van der Waals surface area contributed by atoms with Crippen molar-refractivity contribution in [2.75, 3.05) is 26.2 Å². The second-order valence-corrected chi connectivity index (χ2v) is 10.4. The molecule has 2 amide bonds. The normalized spacial score (nSPS) is 16.0. The van der Waals surface area contributed by atoms with Crippen LogP contribution in [0.15, 0.2) is 52.5 Å². The van der Waals surface area contributed by atoms with Crippen LogP contribution < -0.4 is 4.74 Å². The Labute approximate surface area is 211 Å². The second kappa shape index (κ2) is 11.1. The minimum absolute atomic E-state index is 0.0173. The summed E-state index contributed by atoms with van der Waals surface area (Å²) in [6, 6.07) is 11.4. The van der Waals surface area contributed by atoms with Gasteiger partial charge in [0.05, 0.1) is 12.3 Å². The second-order valence-electron chi connectivity index (χ2n) is 9.41. The third-order valence-corrected chi connectivity index (χ3v) is 7.71. The number of ether oxygens (including phenoxy) is 1. The standard InChI is InChI=1S/C28H34N2O4S/c1-5-19(2)16-29(28(32)25-7-6-13-33-25)17-27(31)30-12-10-26-22(11-14-35-26)23(30)18-34-24-9-8-20(3)15-21(24)4/h6-9,11,13-15,19,23H,5,10,12,16-18H2,1-4H3/t19-,23+/m1/s1. The Morgan fingerprint density at radius 1 is 1.26 bits per heavy atom. The molecule has 4 rings (SSSR count). The zero-order chi connectivity index (χ0) is 24.9. The Balaban J connectivity index is 1.54. The molecule has 7 heteroatoms. The van der Waals surface area contributed by atoms with Gasteiger partial charge in [-0.2, -0.15) is 0 Å². The van der Waals surface area contributed by atoms with Crippen LogP contribution in [-0.4, -0.2) is 47.9 Å². The number of rotatable bonds is 9. The van der Waals surface area contributed by atoms with Gasteiger partial charge in [0.25, 0.3) is 5.91 Å². The number of furan rings is 1. The van der Waals surface area contributed by atoms with Gasteiger partial charge in [0.1, 0.15) is 18.9 Å². The first-order chi connectivity index (χ1) is 16.9. The van der Waals surface area contributed by atoms with Crippen LogP contribution in [0.3, 0.4) is 0 Å². The molecule has 0 aliphatic carbocycles. The number of hydrogen-bond donors (Lipinski definition) is 0. The van der Waals surface area contributed by atoms with Gasteiger partial charge in [-0.25, -0.2) is 0 Å². The van der Waals surface area contributed by atoms with Crippen molar-refractivity contribution in [1.29, 1.82) is 0 Å². The predicted molar refractivity (Wildman–Crippen MR) is 138 cm³/mol. The van der Waals surface area contributed by atoms with Gasteiger partial charge in [-0.3, -0.25) is 9.59 Å². The Morgan fingerprint density at radius 2 is 2.09 bits per heavy atom. The topological polar surface area (TPSA) is 63.0 Å². The van der Waals surface area contributed by atoms with Gasteiger partial charge in [0.2, 0.25) is 5.91 Å². The summed E-state index contributed by atoms with van der Waals surface area (Å²) in [5.74, 6) is 1.04. The van der Waals surface area contributed by atoms with Gasteiger partial charge < -0.3 is 19.0 Å². The average Bonchev–Trinajstić information content (AvgIpc) is 3.54. The smallest absolute Gasteiger partial charge is 0.290 e. The molecule has 6 nitrogen and oxygen atoms in total. The maximum atomic E-state index is 13.7. The number of fused-ring (bicyclic) bond motifs is 1. The zero-order valence-corrected chi connectivity index (χ0v) is 21.8. The van der Waals surface area contributed by atoms with E-state index in [0.29, 0.717) is 19.7 Å². The molecule has 0 saturated carbocycles. The maximum Gasteiger partial charge on any atom is 0.290 e. The Morgan fingerprint density at radius 3 is 2.80 bits per heavy atom. The van der Waals surface area contributed by atoms with Gasteiger partial charge in [-0.05, 0) is 67.0 Å². The van der Waals surface area contributed by atoms with Gasteiger partial charge in [0, 0.05) is 18.0 Å². The number of amides is 2. The maximum absolute atomic E-state index is 13.7. The quantitative estimate of drug-likeness (QED) is 0.386. The molecular formula is C28H34N2O4S. The number of thiophene rings is 1. The molecule has 2 atom stereocenters. The Kier molecular flexibility index (Phi) is 7.96. The van der Waals surface area contributed by atoms with Crippen molar-refractivity contribution < 1.29 is 18.7 Å². The van der Waals surface area contributed by atoms with Crippen molar-refractivity contribution in [3.8, 4) is 5.75 Å². The molecule has 1 aromatic carbocycles. The first-order valence-corrected chi connectivity index (χ1v) is 13.1. The number of nitrogens with zero attached hydrogens (tertiary/aromatic N) is 2. The minimum Gasteiger partial charge on any atom is -0.491 e. The molecule has 0 unspecified atom stereocenters. The van der Waals surface area contributed by atoms with E-state index in [0.717, 1.165) is 29.7 Å². The van der Waals surface area contributed by atoms with Crippen LogP contribution in [0.2, 0.25) is 0 Å². The van der Waals surface area contributed by atoms with Gasteiger partial charge in [-0.15, -0.1) is 11.3 Å². The first-order valence-electron chi connectivity index (χ1n) is 12.3. The summed E-state index contributed by atoms with van der Waals surface area (Å²) in [6.07, 6.45) is 3.22. The molecule has 3 aromatic rings. The molecule has 1 aliphatic rings. The summed E-state index contributed by atoms with van der Waals surface area (Å²) in [4.78, 5) is 31.6. The van der Waals surface area contributed by atoms with E-state index in [2.05, 4.69) is 38.3 Å². The molecule has 0 N–H and O–H groups in total. The largest absolute Gasteiger partial charge is 0.491 e. The molecule has 2 aromatic heterocycles. The van der Waals surface area contributed by atoms with E-state index in [9.17, 15) is 9.59 Å². The molecule has 1 aliphatic heterocycles. The van der Waals surface area contributed by atoms with Crippen LogP contribution in [0, 0.1) is 19.8 Å². The summed E-state index contributed by atoms with van der Waals surface area (Å²) in [7, 11) is 0. The first kappa shape index (κ1) is 25.0. The van der Waals surface area contributed by atoms with Crippen molar-refractivity contribution >= 4 is 23.2 Å². The molecule has 0 bridgehead atoms. The Bertz CT molecular complexity index is 1150. The van der Waals surface area contributed by atoms with E-state index < -0.39 is 0 Å². The van der Waals surface area contributed by atoms with E-state index in [-0.39, 0.29) is 36.1 Å². The summed E-state index contributed by atoms with van der Waals surface area (Å²) in [6.45, 7) is 9.78. The summed E-state index contributed by atoms with van der Waals surface area (Å²) in [5.41, 5.74) is 3.41. The van der Waals surface area contributed by atoms with Gasteiger partial charge in [-0.1, -0.05) is 38.0 Å². The Hall–Kier alpha value is -3.06. The minimum atomic E-state index is -0.250. The lowest BCUT2D eigenvalue weighted by molar-refractivity contribution is -0.135. The number of carbonyl (C=O) groups is 2. The molecule has 0 saturated heterocycles. The van der Waals surface area contributed by atoms with Crippen molar-refractivity contribution in [3.63, 3.8) is 0 Å². The highest BCUT2D eigenvalue weighted by Crippen LogP contribution is 2.34. The van der Waals surface area contributed by atoms with Gasteiger partial charge >= 0.3 is 0 Å². The third kappa shape index (κ3) is 5.78. The van der Waals surface area contributed by atoms with Crippen molar-refractivity contribution in [1.82, 2.24) is 9.80 Å². The van der Waals surface area contributed by atoms with Crippen LogP contribution in [0.1, 0.15) is 58.4 Å². The molecule has 35 heavy (non-hydrogen) atoms. The van der Waals surface area contributed by atoms with E-state index >= 15 is 0 Å². The fourth-order valence-corrected chi connectivity index (χ4v) is 5.47. The SMILES string of the molecule is CC[C@@H](C)CN(CC(=O)N1CCc2sccc2[C@@H]1COc1ccc(C)cc1C)C(=O)c1ccco1. The summed E-state index contributed by atoms with van der Waals surface area (Å²) < 4.78 is 11.6. The van der Waals surface area contributed by atoms with Crippen LogP contribution in [0.4, 0.5) is 0 Å². The van der Waals surface area contributed by atoms with Crippen LogP contribution in [0.5, 0.6) is 5.75 Å². The zero-order valence-electron chi connectivity index (χ0n) is 21.0. The monoisotopic (exact) mass is 494 g/mol. The molecule has 3 heterocycles. The molecule has 0 spiro atoms. The highest BCUT2D eigenvalue weighted by atomic mass is 32.1. The number of hydrogen-bond acceptors (Lipinski definition) is 5. The average molecular weight is 495 g/mol. The van der Waals surface area contributed by atoms with Gasteiger partial charge in [0.15, 0.2) is 5.76 Å². The predicted octanol–water partition coefficient (Wildman–Crippen LogP) is 5.65. The van der Waals surface area contributed by atoms with Crippen molar-refractivity contribution in [3.05, 3.63) is 75.4 Å². The number of aryl methyl sites for hydroxylation is 2. The van der Waals surface area contributed by atoms with Crippen LogP contribution in [-0.2, 0) is 11.2 Å². The van der Waals surface area contributed by atoms with Crippen molar-refractivity contribution in [2.24, 2.45) is 5.92 Å². The van der Waals surface area contributed by atoms with E-state index in [1.807, 2.05) is 24.0 Å². The fourth-order valence-electron chi connectivity index (χ4n) is 4.54. The number of benzene rings is 1. The third-order valence-electron chi connectivity index (χ3n) is 6.72. The molecular weight excluding hydrogens is 460 g/mol. The molecule has 186 valence electrons. The highest BCUT2D eigenvalue weighted by Gasteiger charge is 2.34. The van der Waals surface area contributed by atoms with E-state index in [1.165, 1.54) is 16.7 Å².